The maximum atomic E-state index is 10.9. The molecule has 128 valence electrons. The van der Waals surface area contributed by atoms with Crippen LogP contribution < -0.4 is 9.47 Å². The highest BCUT2D eigenvalue weighted by atomic mass is 35.5. The predicted octanol–water partition coefficient (Wildman–Crippen LogP) is 4.64. The van der Waals surface area contributed by atoms with E-state index >= 15 is 0 Å². The van der Waals surface area contributed by atoms with E-state index in [1.54, 1.807) is 36.5 Å². The highest BCUT2D eigenvalue weighted by molar-refractivity contribution is 6.35. The van der Waals surface area contributed by atoms with E-state index in [-0.39, 0.29) is 11.4 Å². The van der Waals surface area contributed by atoms with Crippen LogP contribution in [0.25, 0.3) is 10.9 Å². The molecule has 0 saturated heterocycles. The Morgan fingerprint density at radius 2 is 1.76 bits per heavy atom. The minimum atomic E-state index is -0.461. The molecule has 0 aliphatic rings. The highest BCUT2D eigenvalue weighted by Gasteiger charge is 2.13. The summed E-state index contributed by atoms with van der Waals surface area (Å²) in [5, 5.41) is 12.4. The standard InChI is InChI=1S/C18H15ClN2O4/c19-14-8-9-17(18-13(14)5-3-10-20-18)25-12-4-11-24-16-7-2-1-6-15(16)21(22)23/h1-3,5-10H,4,11-12H2. The molecule has 0 aliphatic heterocycles. The lowest BCUT2D eigenvalue weighted by Crippen LogP contribution is -2.06. The lowest BCUT2D eigenvalue weighted by atomic mass is 10.2. The van der Waals surface area contributed by atoms with Crippen LogP contribution in [-0.2, 0) is 0 Å². The molecule has 0 bridgehead atoms. The van der Waals surface area contributed by atoms with Crippen LogP contribution in [0.2, 0.25) is 5.02 Å². The summed E-state index contributed by atoms with van der Waals surface area (Å²) < 4.78 is 11.2. The van der Waals surface area contributed by atoms with Crippen LogP contribution >= 0.6 is 11.6 Å². The van der Waals surface area contributed by atoms with E-state index < -0.39 is 4.92 Å². The number of halogens is 1. The van der Waals surface area contributed by atoms with Crippen molar-refractivity contribution in [2.45, 2.75) is 6.42 Å². The van der Waals surface area contributed by atoms with Gasteiger partial charge in [0.25, 0.3) is 0 Å². The third-order valence-electron chi connectivity index (χ3n) is 3.55. The summed E-state index contributed by atoms with van der Waals surface area (Å²) in [5.41, 5.74) is 0.658. The average molecular weight is 359 g/mol. The van der Waals surface area contributed by atoms with E-state index in [0.29, 0.717) is 35.9 Å². The monoisotopic (exact) mass is 358 g/mol. The molecule has 0 radical (unpaired) electrons. The fourth-order valence-electron chi connectivity index (χ4n) is 2.38. The first-order valence-electron chi connectivity index (χ1n) is 7.69. The van der Waals surface area contributed by atoms with Gasteiger partial charge < -0.3 is 9.47 Å². The van der Waals surface area contributed by atoms with E-state index in [4.69, 9.17) is 21.1 Å². The molecular weight excluding hydrogens is 344 g/mol. The molecule has 6 nitrogen and oxygen atoms in total. The van der Waals surface area contributed by atoms with Gasteiger partial charge in [0, 0.05) is 24.1 Å². The molecule has 0 amide bonds. The summed E-state index contributed by atoms with van der Waals surface area (Å²) >= 11 is 6.15. The number of pyridine rings is 1. The zero-order valence-corrected chi connectivity index (χ0v) is 14.0. The largest absolute Gasteiger partial charge is 0.491 e. The normalized spacial score (nSPS) is 10.6. The molecule has 0 atom stereocenters. The fourth-order valence-corrected chi connectivity index (χ4v) is 2.60. The Kier molecular flexibility index (Phi) is 5.30. The van der Waals surface area contributed by atoms with Crippen molar-refractivity contribution in [1.29, 1.82) is 0 Å². The van der Waals surface area contributed by atoms with Crippen molar-refractivity contribution in [3.8, 4) is 11.5 Å². The molecule has 3 aromatic rings. The third-order valence-corrected chi connectivity index (χ3v) is 3.87. The van der Waals surface area contributed by atoms with Gasteiger partial charge in [-0.2, -0.15) is 0 Å². The van der Waals surface area contributed by atoms with E-state index in [0.717, 1.165) is 5.39 Å². The SMILES string of the molecule is O=[N+]([O-])c1ccccc1OCCCOc1ccc(Cl)c2cccnc12. The molecule has 3 rings (SSSR count). The summed E-state index contributed by atoms with van der Waals surface area (Å²) in [4.78, 5) is 14.8. The topological polar surface area (TPSA) is 74.5 Å². The zero-order chi connectivity index (χ0) is 17.6. The number of para-hydroxylation sites is 2. The van der Waals surface area contributed by atoms with Gasteiger partial charge in [-0.1, -0.05) is 23.7 Å². The number of rotatable bonds is 7. The van der Waals surface area contributed by atoms with Crippen molar-refractivity contribution in [3.05, 3.63) is 69.9 Å². The number of aromatic nitrogens is 1. The lowest BCUT2D eigenvalue weighted by Gasteiger charge is -2.10. The fraction of sp³-hybridized carbons (Fsp3) is 0.167. The van der Waals surface area contributed by atoms with Crippen LogP contribution in [0.3, 0.4) is 0 Å². The van der Waals surface area contributed by atoms with Gasteiger partial charge in [-0.3, -0.25) is 15.1 Å². The number of fused-ring (bicyclic) bond motifs is 1. The number of hydrogen-bond acceptors (Lipinski definition) is 5. The van der Waals surface area contributed by atoms with E-state index in [1.165, 1.54) is 6.07 Å². The minimum Gasteiger partial charge on any atom is -0.491 e. The first-order valence-corrected chi connectivity index (χ1v) is 8.07. The summed E-state index contributed by atoms with van der Waals surface area (Å²) in [5.74, 6) is 0.900. The maximum Gasteiger partial charge on any atom is 0.310 e. The van der Waals surface area contributed by atoms with Crippen LogP contribution in [0.5, 0.6) is 11.5 Å². The van der Waals surface area contributed by atoms with E-state index in [2.05, 4.69) is 4.98 Å². The quantitative estimate of drug-likeness (QED) is 0.349. The van der Waals surface area contributed by atoms with Crippen molar-refractivity contribution < 1.29 is 14.4 Å². The van der Waals surface area contributed by atoms with E-state index in [9.17, 15) is 10.1 Å². The molecule has 1 heterocycles. The van der Waals surface area contributed by atoms with Gasteiger partial charge in [0.15, 0.2) is 5.75 Å². The van der Waals surface area contributed by atoms with Gasteiger partial charge in [0.1, 0.15) is 11.3 Å². The molecule has 7 heteroatoms. The van der Waals surface area contributed by atoms with Gasteiger partial charge in [0.05, 0.1) is 23.2 Å². The lowest BCUT2D eigenvalue weighted by molar-refractivity contribution is -0.385. The van der Waals surface area contributed by atoms with Crippen LogP contribution in [-0.4, -0.2) is 23.1 Å². The molecule has 2 aromatic carbocycles. The Bertz CT molecular complexity index is 901. The molecule has 0 N–H and O–H groups in total. The second-order valence-electron chi connectivity index (χ2n) is 5.22. The van der Waals surface area contributed by atoms with Crippen LogP contribution in [0.15, 0.2) is 54.7 Å². The predicted molar refractivity (Wildman–Crippen MR) is 95.5 cm³/mol. The van der Waals surface area contributed by atoms with Crippen LogP contribution in [0.4, 0.5) is 5.69 Å². The molecule has 1 aromatic heterocycles. The van der Waals surface area contributed by atoms with E-state index in [1.807, 2.05) is 12.1 Å². The van der Waals surface area contributed by atoms with Gasteiger partial charge >= 0.3 is 5.69 Å². The highest BCUT2D eigenvalue weighted by Crippen LogP contribution is 2.30. The smallest absolute Gasteiger partial charge is 0.310 e. The number of hydrogen-bond donors (Lipinski definition) is 0. The molecule has 0 unspecified atom stereocenters. The van der Waals surface area contributed by atoms with Gasteiger partial charge in [0.2, 0.25) is 0 Å². The minimum absolute atomic E-state index is 0.0451. The third kappa shape index (κ3) is 3.97. The Balaban J connectivity index is 1.56. The Morgan fingerprint density at radius 1 is 1.00 bits per heavy atom. The summed E-state index contributed by atoms with van der Waals surface area (Å²) in [6, 6.07) is 13.5. The summed E-state index contributed by atoms with van der Waals surface area (Å²) in [6.45, 7) is 0.706. The van der Waals surface area contributed by atoms with Crippen molar-refractivity contribution >= 4 is 28.2 Å². The first kappa shape index (κ1) is 17.0. The Hall–Kier alpha value is -2.86. The molecule has 0 fully saturated rings. The number of nitro benzene ring substituents is 1. The molecule has 0 aliphatic carbocycles. The van der Waals surface area contributed by atoms with Crippen molar-refractivity contribution in [1.82, 2.24) is 4.98 Å². The number of benzene rings is 2. The Labute approximate surface area is 149 Å². The number of ether oxygens (including phenoxy) is 2. The summed E-state index contributed by atoms with van der Waals surface area (Å²) in [7, 11) is 0. The molecule has 25 heavy (non-hydrogen) atoms. The van der Waals surface area contributed by atoms with Gasteiger partial charge in [-0.15, -0.1) is 0 Å². The molecule has 0 saturated carbocycles. The van der Waals surface area contributed by atoms with Crippen LogP contribution in [0.1, 0.15) is 6.42 Å². The van der Waals surface area contributed by atoms with Gasteiger partial charge in [-0.25, -0.2) is 0 Å². The van der Waals surface area contributed by atoms with Crippen molar-refractivity contribution in [3.63, 3.8) is 0 Å². The number of nitrogens with zero attached hydrogens (tertiary/aromatic N) is 2. The average Bonchev–Trinajstić information content (AvgIpc) is 2.63. The molecule has 0 spiro atoms. The van der Waals surface area contributed by atoms with Crippen LogP contribution in [0, 0.1) is 10.1 Å². The van der Waals surface area contributed by atoms with Gasteiger partial charge in [-0.05, 0) is 30.3 Å². The molecular formula is C18H15ClN2O4. The zero-order valence-electron chi connectivity index (χ0n) is 13.2. The second kappa shape index (κ2) is 7.81. The maximum absolute atomic E-state index is 10.9. The van der Waals surface area contributed by atoms with Crippen molar-refractivity contribution in [2.75, 3.05) is 13.2 Å². The Morgan fingerprint density at radius 3 is 2.56 bits per heavy atom. The summed E-state index contributed by atoms with van der Waals surface area (Å²) in [6.07, 6.45) is 2.26. The second-order valence-corrected chi connectivity index (χ2v) is 5.63. The number of nitro groups is 1. The first-order chi connectivity index (χ1) is 12.2. The van der Waals surface area contributed by atoms with Crippen molar-refractivity contribution in [2.24, 2.45) is 0 Å².